The van der Waals surface area contributed by atoms with Gasteiger partial charge in [0.25, 0.3) is 0 Å². The first kappa shape index (κ1) is 13.0. The molecule has 1 fully saturated rings. The first-order valence-corrected chi connectivity index (χ1v) is 7.47. The highest BCUT2D eigenvalue weighted by atomic mass is 32.2. The normalized spacial score (nSPS) is 18.1. The van der Waals surface area contributed by atoms with Crippen LogP contribution in [0.5, 0.6) is 0 Å². The van der Waals surface area contributed by atoms with Gasteiger partial charge in [-0.3, -0.25) is 0 Å². The van der Waals surface area contributed by atoms with E-state index in [4.69, 9.17) is 0 Å². The van der Waals surface area contributed by atoms with E-state index in [1.807, 2.05) is 30.8 Å². The molecule has 20 heavy (non-hydrogen) atoms. The van der Waals surface area contributed by atoms with Crippen LogP contribution >= 0.6 is 11.8 Å². The number of thioether (sulfide) groups is 1. The summed E-state index contributed by atoms with van der Waals surface area (Å²) in [5.74, 6) is 1.74. The van der Waals surface area contributed by atoms with Crippen LogP contribution < -0.4 is 0 Å². The molecular formula is C14H15N5S. The number of nitrogens with zero attached hydrogens (tertiary/aromatic N) is 5. The lowest BCUT2D eigenvalue weighted by Crippen LogP contribution is -2.23. The lowest BCUT2D eigenvalue weighted by atomic mass is 10.3. The summed E-state index contributed by atoms with van der Waals surface area (Å²) in [5.41, 5.74) is 2.26. The van der Waals surface area contributed by atoms with Gasteiger partial charge in [-0.25, -0.2) is 9.97 Å². The molecule has 6 heteroatoms. The highest BCUT2D eigenvalue weighted by Crippen LogP contribution is 2.32. The zero-order valence-corrected chi connectivity index (χ0v) is 12.3. The number of fused-ring (bicyclic) bond motifs is 1. The maximum absolute atomic E-state index is 9.58. The monoisotopic (exact) mass is 285 g/mol. The smallest absolute Gasteiger partial charge is 0.160 e. The van der Waals surface area contributed by atoms with Gasteiger partial charge in [0.2, 0.25) is 0 Å². The maximum Gasteiger partial charge on any atom is 0.160 e. The third-order valence-electron chi connectivity index (χ3n) is 3.40. The van der Waals surface area contributed by atoms with Crippen LogP contribution in [0.2, 0.25) is 0 Å². The Kier molecular flexibility index (Phi) is 3.36. The summed E-state index contributed by atoms with van der Waals surface area (Å²) in [6, 6.07) is 6.11. The van der Waals surface area contributed by atoms with Gasteiger partial charge in [-0.2, -0.15) is 5.26 Å². The molecular weight excluding hydrogens is 270 g/mol. The molecule has 5 nitrogen and oxygen atoms in total. The van der Waals surface area contributed by atoms with Crippen LogP contribution in [-0.2, 0) is 7.05 Å². The second-order valence-electron chi connectivity index (χ2n) is 4.76. The zero-order valence-electron chi connectivity index (χ0n) is 11.5. The van der Waals surface area contributed by atoms with Gasteiger partial charge in [-0.1, -0.05) is 0 Å². The van der Waals surface area contributed by atoms with E-state index in [0.717, 1.165) is 34.9 Å². The molecule has 3 heterocycles. The van der Waals surface area contributed by atoms with Gasteiger partial charge in [0.1, 0.15) is 17.2 Å². The molecule has 0 atom stereocenters. The Bertz CT molecular complexity index is 725. The van der Waals surface area contributed by atoms with Gasteiger partial charge in [-0.05, 0) is 18.6 Å². The highest BCUT2D eigenvalue weighted by Gasteiger charge is 2.22. The largest absolute Gasteiger partial charge is 0.368 e. The topological polar surface area (TPSA) is 57.7 Å². The fraction of sp³-hybridized carbons (Fsp3) is 0.357. The Morgan fingerprint density at radius 1 is 1.45 bits per heavy atom. The maximum atomic E-state index is 9.58. The summed E-state index contributed by atoms with van der Waals surface area (Å²) in [5, 5.41) is 10.6. The number of pyridine rings is 1. The highest BCUT2D eigenvalue weighted by molar-refractivity contribution is 8.03. The van der Waals surface area contributed by atoms with E-state index in [-0.39, 0.29) is 0 Å². The van der Waals surface area contributed by atoms with Crippen molar-refractivity contribution in [2.75, 3.05) is 19.3 Å². The molecule has 1 aliphatic rings. The van der Waals surface area contributed by atoms with Crippen LogP contribution in [0.15, 0.2) is 23.4 Å². The third-order valence-corrected chi connectivity index (χ3v) is 4.68. The van der Waals surface area contributed by atoms with Gasteiger partial charge in [0.05, 0.1) is 5.03 Å². The van der Waals surface area contributed by atoms with Crippen molar-refractivity contribution in [1.82, 2.24) is 19.4 Å². The fourth-order valence-corrected chi connectivity index (χ4v) is 3.45. The summed E-state index contributed by atoms with van der Waals surface area (Å²) in [7, 11) is 3.93. The molecule has 0 aromatic carbocycles. The molecule has 102 valence electrons. The van der Waals surface area contributed by atoms with Crippen LogP contribution in [0.25, 0.3) is 16.7 Å². The number of aryl methyl sites for hydroxylation is 1. The van der Waals surface area contributed by atoms with Crippen molar-refractivity contribution in [3.63, 3.8) is 0 Å². The molecule has 2 aromatic rings. The minimum absolute atomic E-state index is 0.637. The van der Waals surface area contributed by atoms with Crippen LogP contribution in [0.1, 0.15) is 12.2 Å². The molecule has 0 unspecified atom stereocenters. The Morgan fingerprint density at radius 2 is 2.30 bits per heavy atom. The summed E-state index contributed by atoms with van der Waals surface area (Å²) in [6.45, 7) is 0.982. The van der Waals surface area contributed by atoms with E-state index in [0.29, 0.717) is 11.4 Å². The average molecular weight is 285 g/mol. The minimum Gasteiger partial charge on any atom is -0.368 e. The van der Waals surface area contributed by atoms with Crippen LogP contribution in [0.4, 0.5) is 0 Å². The molecule has 3 rings (SSSR count). The number of allylic oxidation sites excluding steroid dienone is 1. The van der Waals surface area contributed by atoms with E-state index in [1.165, 1.54) is 0 Å². The molecule has 0 radical (unpaired) electrons. The zero-order chi connectivity index (χ0) is 14.1. The number of aromatic nitrogens is 3. The summed E-state index contributed by atoms with van der Waals surface area (Å²) in [4.78, 5) is 11.0. The SMILES string of the molecule is CN1CCCS/C1=C(\C#N)c1nc2cccnc2n1C. The van der Waals surface area contributed by atoms with Crippen molar-refractivity contribution < 1.29 is 0 Å². The Morgan fingerprint density at radius 3 is 3.00 bits per heavy atom. The van der Waals surface area contributed by atoms with Gasteiger partial charge >= 0.3 is 0 Å². The molecule has 2 aromatic heterocycles. The lowest BCUT2D eigenvalue weighted by molar-refractivity contribution is 0.438. The van der Waals surface area contributed by atoms with Crippen molar-refractivity contribution in [3.8, 4) is 6.07 Å². The molecule has 0 spiro atoms. The molecule has 0 amide bonds. The van der Waals surface area contributed by atoms with Crippen molar-refractivity contribution in [2.45, 2.75) is 6.42 Å². The number of hydrogen-bond donors (Lipinski definition) is 0. The van der Waals surface area contributed by atoms with Crippen molar-refractivity contribution in [3.05, 3.63) is 29.2 Å². The Labute approximate surface area is 121 Å². The summed E-state index contributed by atoms with van der Waals surface area (Å²) >= 11 is 1.73. The van der Waals surface area contributed by atoms with Gasteiger partial charge in [-0.15, -0.1) is 11.8 Å². The fourth-order valence-electron chi connectivity index (χ4n) is 2.39. The van der Waals surface area contributed by atoms with Crippen LogP contribution in [0, 0.1) is 11.3 Å². The molecule has 0 saturated carbocycles. The lowest BCUT2D eigenvalue weighted by Gasteiger charge is -2.27. The number of imidazole rings is 1. The predicted octanol–water partition coefficient (Wildman–Crippen LogP) is 2.23. The van der Waals surface area contributed by atoms with E-state index < -0.39 is 0 Å². The quantitative estimate of drug-likeness (QED) is 0.752. The number of hydrogen-bond acceptors (Lipinski definition) is 5. The Balaban J connectivity index is 2.19. The van der Waals surface area contributed by atoms with Crippen molar-refractivity contribution >= 4 is 28.5 Å². The van der Waals surface area contributed by atoms with Crippen molar-refractivity contribution in [1.29, 1.82) is 5.26 Å². The van der Waals surface area contributed by atoms with E-state index in [9.17, 15) is 5.26 Å². The van der Waals surface area contributed by atoms with E-state index in [2.05, 4.69) is 20.9 Å². The standard InChI is InChI=1S/C14H15N5S/c1-18-7-4-8-20-14(18)10(9-15)12-17-11-5-3-6-16-13(11)19(12)2/h3,5-6H,4,7-8H2,1-2H3/b14-10+. The van der Waals surface area contributed by atoms with Gasteiger partial charge < -0.3 is 9.47 Å². The molecule has 0 aliphatic carbocycles. The van der Waals surface area contributed by atoms with Crippen molar-refractivity contribution in [2.24, 2.45) is 7.05 Å². The van der Waals surface area contributed by atoms with E-state index >= 15 is 0 Å². The van der Waals surface area contributed by atoms with E-state index in [1.54, 1.807) is 18.0 Å². The Hall–Kier alpha value is -2.00. The molecule has 1 saturated heterocycles. The molecule has 1 aliphatic heterocycles. The first-order valence-electron chi connectivity index (χ1n) is 6.48. The minimum atomic E-state index is 0.637. The number of rotatable bonds is 1. The predicted molar refractivity (Wildman–Crippen MR) is 80.7 cm³/mol. The second kappa shape index (κ2) is 5.17. The van der Waals surface area contributed by atoms with Gasteiger partial charge in [0.15, 0.2) is 11.5 Å². The van der Waals surface area contributed by atoms with Crippen LogP contribution in [-0.4, -0.2) is 38.8 Å². The molecule has 0 N–H and O–H groups in total. The molecule has 0 bridgehead atoms. The third kappa shape index (κ3) is 2.04. The second-order valence-corrected chi connectivity index (χ2v) is 5.84. The van der Waals surface area contributed by atoms with Crippen LogP contribution in [0.3, 0.4) is 0 Å². The first-order chi connectivity index (χ1) is 9.72. The van der Waals surface area contributed by atoms with Gasteiger partial charge in [0, 0.05) is 32.6 Å². The number of nitriles is 1. The average Bonchev–Trinajstić information content (AvgIpc) is 2.80. The summed E-state index contributed by atoms with van der Waals surface area (Å²) < 4.78 is 1.89. The summed E-state index contributed by atoms with van der Waals surface area (Å²) in [6.07, 6.45) is 2.89.